The van der Waals surface area contributed by atoms with Crippen LogP contribution in [-0.2, 0) is 0 Å². The molecule has 2 rings (SSSR count). The number of piperazine rings is 1. The second kappa shape index (κ2) is 6.75. The lowest BCUT2D eigenvalue weighted by atomic mass is 10.0. The summed E-state index contributed by atoms with van der Waals surface area (Å²) in [5.41, 5.74) is 2.39. The van der Waals surface area contributed by atoms with Gasteiger partial charge in [0.05, 0.1) is 0 Å². The summed E-state index contributed by atoms with van der Waals surface area (Å²) < 4.78 is 0. The van der Waals surface area contributed by atoms with Crippen molar-refractivity contribution in [3.8, 4) is 11.8 Å². The number of rotatable bonds is 1. The van der Waals surface area contributed by atoms with E-state index in [9.17, 15) is 4.79 Å². The van der Waals surface area contributed by atoms with Crippen molar-refractivity contribution in [3.63, 3.8) is 0 Å². The highest BCUT2D eigenvalue weighted by atomic mass is 16.2. The lowest BCUT2D eigenvalue weighted by molar-refractivity contribution is 0.0571. The number of benzene rings is 1. The molecule has 1 aromatic rings. The van der Waals surface area contributed by atoms with Crippen LogP contribution in [0.15, 0.2) is 18.2 Å². The summed E-state index contributed by atoms with van der Waals surface area (Å²) in [5, 5.41) is 8.80. The Bertz CT molecular complexity index is 586. The predicted octanol–water partition coefficient (Wildman–Crippen LogP) is 1.11. The van der Waals surface area contributed by atoms with Crippen LogP contribution in [-0.4, -0.2) is 60.1 Å². The highest BCUT2D eigenvalue weighted by molar-refractivity contribution is 5.96. The fourth-order valence-corrected chi connectivity index (χ4v) is 2.54. The normalized spacial score (nSPS) is 19.0. The van der Waals surface area contributed by atoms with Gasteiger partial charge in [0.1, 0.15) is 6.61 Å². The number of aliphatic hydroxyl groups excluding tert-OH is 1. The minimum atomic E-state index is -0.173. The van der Waals surface area contributed by atoms with Gasteiger partial charge in [-0.1, -0.05) is 17.9 Å². The van der Waals surface area contributed by atoms with Crippen LogP contribution in [0.1, 0.15) is 28.4 Å². The summed E-state index contributed by atoms with van der Waals surface area (Å²) in [5.74, 6) is 5.61. The average Bonchev–Trinajstić information content (AvgIpc) is 2.48. The molecule has 0 aromatic heterocycles. The molecule has 1 aliphatic rings. The van der Waals surface area contributed by atoms with Crippen molar-refractivity contribution in [3.05, 3.63) is 34.9 Å². The van der Waals surface area contributed by atoms with Crippen molar-refractivity contribution in [1.82, 2.24) is 9.80 Å². The van der Waals surface area contributed by atoms with Crippen LogP contribution in [0.2, 0.25) is 0 Å². The first kappa shape index (κ1) is 15.6. The van der Waals surface area contributed by atoms with Gasteiger partial charge in [-0.25, -0.2) is 0 Å². The molecular formula is C17H22N2O2. The first-order chi connectivity index (χ1) is 10.0. The van der Waals surface area contributed by atoms with E-state index in [-0.39, 0.29) is 12.5 Å². The van der Waals surface area contributed by atoms with Crippen molar-refractivity contribution in [2.45, 2.75) is 19.9 Å². The van der Waals surface area contributed by atoms with E-state index in [2.05, 4.69) is 30.7 Å². The molecule has 112 valence electrons. The van der Waals surface area contributed by atoms with Gasteiger partial charge in [0, 0.05) is 36.8 Å². The third-order valence-electron chi connectivity index (χ3n) is 4.11. The molecule has 1 aliphatic heterocycles. The van der Waals surface area contributed by atoms with E-state index in [1.165, 1.54) is 0 Å². The number of nitrogens with zero attached hydrogens (tertiary/aromatic N) is 2. The second-order valence-corrected chi connectivity index (χ2v) is 5.52. The summed E-state index contributed by atoms with van der Waals surface area (Å²) in [4.78, 5) is 16.9. The Balaban J connectivity index is 2.23. The molecule has 4 heteroatoms. The summed E-state index contributed by atoms with van der Waals surface area (Å²) >= 11 is 0. The van der Waals surface area contributed by atoms with Crippen LogP contribution in [0, 0.1) is 18.8 Å². The molecule has 0 aliphatic carbocycles. The molecule has 0 saturated carbocycles. The third-order valence-corrected chi connectivity index (χ3v) is 4.11. The second-order valence-electron chi connectivity index (χ2n) is 5.52. The lowest BCUT2D eigenvalue weighted by Gasteiger charge is -2.37. The summed E-state index contributed by atoms with van der Waals surface area (Å²) in [6.07, 6.45) is 0. The topological polar surface area (TPSA) is 43.8 Å². The molecule has 1 heterocycles. The molecule has 1 atom stereocenters. The van der Waals surface area contributed by atoms with Gasteiger partial charge in [0.2, 0.25) is 0 Å². The van der Waals surface area contributed by atoms with Crippen LogP contribution in [0.3, 0.4) is 0 Å². The Labute approximate surface area is 126 Å². The van der Waals surface area contributed by atoms with Crippen LogP contribution in [0.4, 0.5) is 0 Å². The van der Waals surface area contributed by atoms with Gasteiger partial charge in [-0.15, -0.1) is 0 Å². The molecule has 1 saturated heterocycles. The SMILES string of the molecule is Cc1c(C#CCO)cccc1C(=O)N1CCN(C)C(C)C1. The van der Waals surface area contributed by atoms with Crippen LogP contribution in [0.25, 0.3) is 0 Å². The number of hydrogen-bond donors (Lipinski definition) is 1. The van der Waals surface area contributed by atoms with E-state index in [4.69, 9.17) is 5.11 Å². The van der Waals surface area contributed by atoms with Crippen molar-refractivity contribution >= 4 is 5.91 Å². The zero-order chi connectivity index (χ0) is 15.4. The molecule has 0 radical (unpaired) electrons. The number of aliphatic hydroxyl groups is 1. The average molecular weight is 286 g/mol. The van der Waals surface area contributed by atoms with Gasteiger partial charge in [0.15, 0.2) is 0 Å². The zero-order valence-electron chi connectivity index (χ0n) is 12.9. The molecule has 1 N–H and O–H groups in total. The fraction of sp³-hybridized carbons (Fsp3) is 0.471. The minimum absolute atomic E-state index is 0.0695. The molecule has 4 nitrogen and oxygen atoms in total. The molecule has 0 spiro atoms. The largest absolute Gasteiger partial charge is 0.384 e. The Morgan fingerprint density at radius 1 is 1.43 bits per heavy atom. The standard InChI is InChI=1S/C17H22N2O2/c1-13-12-19(10-9-18(13)3)17(21)16-8-4-6-15(14(16)2)7-5-11-20/h4,6,8,13,20H,9-12H2,1-3H3. The number of carbonyl (C=O) groups excluding carboxylic acids is 1. The first-order valence-corrected chi connectivity index (χ1v) is 7.23. The Hall–Kier alpha value is -1.83. The summed E-state index contributed by atoms with van der Waals surface area (Å²) in [7, 11) is 2.09. The van der Waals surface area contributed by atoms with Gasteiger partial charge in [-0.05, 0) is 38.6 Å². The fourth-order valence-electron chi connectivity index (χ4n) is 2.54. The lowest BCUT2D eigenvalue weighted by Crippen LogP contribution is -2.52. The Morgan fingerprint density at radius 3 is 2.86 bits per heavy atom. The van der Waals surface area contributed by atoms with Gasteiger partial charge in [-0.3, -0.25) is 4.79 Å². The summed E-state index contributed by atoms with van der Waals surface area (Å²) in [6.45, 7) is 6.28. The third kappa shape index (κ3) is 3.44. The van der Waals surface area contributed by atoms with Crippen LogP contribution < -0.4 is 0 Å². The maximum atomic E-state index is 12.7. The van der Waals surface area contributed by atoms with E-state index in [1.54, 1.807) is 0 Å². The van der Waals surface area contributed by atoms with Crippen molar-refractivity contribution < 1.29 is 9.90 Å². The number of hydrogen-bond acceptors (Lipinski definition) is 3. The number of likely N-dealkylation sites (N-methyl/N-ethyl adjacent to an activating group) is 1. The molecule has 1 aromatic carbocycles. The number of amides is 1. The maximum absolute atomic E-state index is 12.7. The quantitative estimate of drug-likeness (QED) is 0.787. The van der Waals surface area contributed by atoms with E-state index < -0.39 is 0 Å². The predicted molar refractivity (Wildman–Crippen MR) is 83.1 cm³/mol. The highest BCUT2D eigenvalue weighted by Crippen LogP contribution is 2.17. The van der Waals surface area contributed by atoms with Crippen molar-refractivity contribution in [1.29, 1.82) is 0 Å². The van der Waals surface area contributed by atoms with Gasteiger partial charge in [0.25, 0.3) is 5.91 Å². The molecule has 21 heavy (non-hydrogen) atoms. The Kier molecular flexibility index (Phi) is 5.00. The van der Waals surface area contributed by atoms with Crippen molar-refractivity contribution in [2.24, 2.45) is 0 Å². The zero-order valence-corrected chi connectivity index (χ0v) is 12.9. The van der Waals surface area contributed by atoms with E-state index >= 15 is 0 Å². The van der Waals surface area contributed by atoms with E-state index in [1.807, 2.05) is 30.0 Å². The van der Waals surface area contributed by atoms with Crippen molar-refractivity contribution in [2.75, 3.05) is 33.3 Å². The molecule has 0 bridgehead atoms. The first-order valence-electron chi connectivity index (χ1n) is 7.23. The van der Waals surface area contributed by atoms with Gasteiger partial charge in [-0.2, -0.15) is 0 Å². The van der Waals surface area contributed by atoms with Crippen LogP contribution >= 0.6 is 0 Å². The highest BCUT2D eigenvalue weighted by Gasteiger charge is 2.26. The molecule has 1 fully saturated rings. The summed E-state index contributed by atoms with van der Waals surface area (Å²) in [6, 6.07) is 5.95. The van der Waals surface area contributed by atoms with Crippen LogP contribution in [0.5, 0.6) is 0 Å². The smallest absolute Gasteiger partial charge is 0.254 e. The maximum Gasteiger partial charge on any atom is 0.254 e. The molecular weight excluding hydrogens is 264 g/mol. The van der Waals surface area contributed by atoms with Gasteiger partial charge >= 0.3 is 0 Å². The van der Waals surface area contributed by atoms with Gasteiger partial charge < -0.3 is 14.9 Å². The van der Waals surface area contributed by atoms with E-state index in [0.29, 0.717) is 11.6 Å². The Morgan fingerprint density at radius 2 is 2.19 bits per heavy atom. The number of carbonyl (C=O) groups is 1. The van der Waals surface area contributed by atoms with E-state index in [0.717, 1.165) is 30.8 Å². The molecule has 1 unspecified atom stereocenters. The monoisotopic (exact) mass is 286 g/mol. The molecule has 1 amide bonds. The minimum Gasteiger partial charge on any atom is -0.384 e.